The molecule has 1 fully saturated rings. The maximum absolute atomic E-state index is 13.1. The zero-order valence-corrected chi connectivity index (χ0v) is 16.0. The average molecular weight is 409 g/mol. The van der Waals surface area contributed by atoms with Crippen molar-refractivity contribution in [2.45, 2.75) is 51.2 Å². The molecule has 0 spiro atoms. The third-order valence-corrected chi connectivity index (χ3v) is 4.92. The minimum absolute atomic E-state index is 0.0875. The molecular weight excluding hydrogens is 387 g/mol. The highest BCUT2D eigenvalue weighted by molar-refractivity contribution is 5.99. The molecule has 1 saturated carbocycles. The van der Waals surface area contributed by atoms with Crippen molar-refractivity contribution < 1.29 is 27.3 Å². The van der Waals surface area contributed by atoms with E-state index in [0.717, 1.165) is 31.4 Å². The van der Waals surface area contributed by atoms with Crippen molar-refractivity contribution in [3.05, 3.63) is 47.2 Å². The summed E-state index contributed by atoms with van der Waals surface area (Å²) in [5.41, 5.74) is -0.982. The van der Waals surface area contributed by atoms with Crippen LogP contribution in [0.2, 0.25) is 0 Å². The number of aromatic nitrogens is 1. The van der Waals surface area contributed by atoms with Gasteiger partial charge < -0.3 is 14.7 Å². The van der Waals surface area contributed by atoms with Crippen molar-refractivity contribution in [2.24, 2.45) is 0 Å². The largest absolute Gasteiger partial charge is 0.416 e. The molecule has 1 aromatic carbocycles. The molecule has 29 heavy (non-hydrogen) atoms. The highest BCUT2D eigenvalue weighted by Crippen LogP contribution is 2.30. The summed E-state index contributed by atoms with van der Waals surface area (Å²) in [5, 5.41) is 6.24. The summed E-state index contributed by atoms with van der Waals surface area (Å²) in [6, 6.07) is 5.63. The molecule has 156 valence electrons. The second-order valence-corrected chi connectivity index (χ2v) is 7.17. The number of anilines is 1. The Kier molecular flexibility index (Phi) is 6.24. The Hall–Kier alpha value is -2.84. The first-order valence-corrected chi connectivity index (χ1v) is 9.45. The van der Waals surface area contributed by atoms with Crippen LogP contribution in [0.1, 0.15) is 53.8 Å². The van der Waals surface area contributed by atoms with Gasteiger partial charge in [-0.3, -0.25) is 9.59 Å². The van der Waals surface area contributed by atoms with Gasteiger partial charge in [0.1, 0.15) is 12.3 Å². The van der Waals surface area contributed by atoms with E-state index < -0.39 is 23.6 Å². The van der Waals surface area contributed by atoms with Crippen LogP contribution in [0.5, 0.6) is 0 Å². The molecule has 1 N–H and O–H groups in total. The Bertz CT molecular complexity index is 873. The van der Waals surface area contributed by atoms with Crippen LogP contribution < -0.4 is 5.32 Å². The predicted molar refractivity (Wildman–Crippen MR) is 99.2 cm³/mol. The molecule has 3 rings (SSSR count). The van der Waals surface area contributed by atoms with E-state index in [4.69, 9.17) is 4.52 Å². The fourth-order valence-electron chi connectivity index (χ4n) is 3.52. The Labute approximate surface area is 166 Å². The molecule has 0 radical (unpaired) electrons. The van der Waals surface area contributed by atoms with E-state index in [1.807, 2.05) is 0 Å². The van der Waals surface area contributed by atoms with E-state index in [1.54, 1.807) is 6.92 Å². The van der Waals surface area contributed by atoms with E-state index in [9.17, 15) is 22.8 Å². The summed E-state index contributed by atoms with van der Waals surface area (Å²) in [6.45, 7) is 1.40. The number of nitrogens with zero attached hydrogens (tertiary/aromatic N) is 2. The van der Waals surface area contributed by atoms with Crippen LogP contribution in [0, 0.1) is 6.92 Å². The Morgan fingerprint density at radius 3 is 2.55 bits per heavy atom. The van der Waals surface area contributed by atoms with Crippen LogP contribution in [-0.4, -0.2) is 34.5 Å². The van der Waals surface area contributed by atoms with Gasteiger partial charge in [0.25, 0.3) is 5.91 Å². The van der Waals surface area contributed by atoms with Crippen LogP contribution >= 0.6 is 0 Å². The zero-order chi connectivity index (χ0) is 21.0. The second-order valence-electron chi connectivity index (χ2n) is 7.17. The van der Waals surface area contributed by atoms with Crippen molar-refractivity contribution in [3.8, 4) is 0 Å². The number of alkyl halides is 3. The third-order valence-electron chi connectivity index (χ3n) is 4.92. The number of aryl methyl sites for hydroxylation is 1. The van der Waals surface area contributed by atoms with Crippen LogP contribution in [0.15, 0.2) is 34.9 Å². The molecule has 0 aliphatic heterocycles. The van der Waals surface area contributed by atoms with Gasteiger partial charge in [-0.05, 0) is 38.0 Å². The summed E-state index contributed by atoms with van der Waals surface area (Å²) in [5.74, 6) is -0.328. The first-order chi connectivity index (χ1) is 13.7. The second kappa shape index (κ2) is 8.67. The lowest BCUT2D eigenvalue weighted by Crippen LogP contribution is -2.45. The summed E-state index contributed by atoms with van der Waals surface area (Å²) < 4.78 is 44.0. The first kappa shape index (κ1) is 20.9. The monoisotopic (exact) mass is 409 g/mol. The molecule has 0 unspecified atom stereocenters. The SMILES string of the molecule is Cc1cc(NC(=O)CN(C(=O)c2cccc(C(F)(F)F)c2)C2CCCCC2)no1. The summed E-state index contributed by atoms with van der Waals surface area (Å²) in [7, 11) is 0. The molecule has 0 saturated heterocycles. The van der Waals surface area contributed by atoms with E-state index in [0.29, 0.717) is 18.6 Å². The van der Waals surface area contributed by atoms with Gasteiger partial charge in [0.05, 0.1) is 5.56 Å². The molecule has 2 aromatic rings. The van der Waals surface area contributed by atoms with Gasteiger partial charge in [0, 0.05) is 17.7 Å². The zero-order valence-electron chi connectivity index (χ0n) is 16.0. The van der Waals surface area contributed by atoms with Crippen molar-refractivity contribution >= 4 is 17.6 Å². The molecule has 1 aliphatic rings. The number of carbonyl (C=O) groups is 2. The topological polar surface area (TPSA) is 75.4 Å². The molecule has 0 atom stereocenters. The van der Waals surface area contributed by atoms with Crippen LogP contribution in [0.3, 0.4) is 0 Å². The maximum Gasteiger partial charge on any atom is 0.416 e. The summed E-state index contributed by atoms with van der Waals surface area (Å²) in [4.78, 5) is 26.9. The van der Waals surface area contributed by atoms with Crippen LogP contribution in [-0.2, 0) is 11.0 Å². The minimum atomic E-state index is -4.55. The van der Waals surface area contributed by atoms with E-state index in [2.05, 4.69) is 10.5 Å². The maximum atomic E-state index is 13.1. The molecule has 2 amide bonds. The van der Waals surface area contributed by atoms with Gasteiger partial charge in [-0.25, -0.2) is 0 Å². The molecule has 6 nitrogen and oxygen atoms in total. The van der Waals surface area contributed by atoms with Crippen molar-refractivity contribution in [1.82, 2.24) is 10.1 Å². The van der Waals surface area contributed by atoms with Crippen LogP contribution in [0.25, 0.3) is 0 Å². The summed E-state index contributed by atoms with van der Waals surface area (Å²) in [6.07, 6.45) is -0.287. The number of carbonyl (C=O) groups excluding carboxylic acids is 2. The number of amides is 2. The molecule has 1 aromatic heterocycles. The van der Waals surface area contributed by atoms with E-state index in [-0.39, 0.29) is 24.0 Å². The van der Waals surface area contributed by atoms with Crippen molar-refractivity contribution in [2.75, 3.05) is 11.9 Å². The van der Waals surface area contributed by atoms with Gasteiger partial charge in [0.2, 0.25) is 5.91 Å². The van der Waals surface area contributed by atoms with Gasteiger partial charge in [-0.2, -0.15) is 13.2 Å². The quantitative estimate of drug-likeness (QED) is 0.794. The molecule has 0 bridgehead atoms. The number of halogens is 3. The van der Waals surface area contributed by atoms with Gasteiger partial charge >= 0.3 is 6.18 Å². The lowest BCUT2D eigenvalue weighted by molar-refractivity contribution is -0.137. The number of nitrogens with one attached hydrogen (secondary N) is 1. The molecular formula is C20H22F3N3O3. The number of hydrogen-bond donors (Lipinski definition) is 1. The lowest BCUT2D eigenvalue weighted by atomic mass is 9.93. The van der Waals surface area contributed by atoms with Gasteiger partial charge in [-0.1, -0.05) is 30.5 Å². The highest BCUT2D eigenvalue weighted by atomic mass is 19.4. The first-order valence-electron chi connectivity index (χ1n) is 9.45. The molecule has 9 heteroatoms. The Morgan fingerprint density at radius 2 is 1.93 bits per heavy atom. The lowest BCUT2D eigenvalue weighted by Gasteiger charge is -2.34. The van der Waals surface area contributed by atoms with Gasteiger partial charge in [-0.15, -0.1) is 0 Å². The Balaban J connectivity index is 1.81. The fraction of sp³-hybridized carbons (Fsp3) is 0.450. The highest BCUT2D eigenvalue weighted by Gasteiger charge is 2.33. The minimum Gasteiger partial charge on any atom is -0.360 e. The summed E-state index contributed by atoms with van der Waals surface area (Å²) >= 11 is 0. The number of rotatable bonds is 5. The standard InChI is InChI=1S/C20H22F3N3O3/c1-13-10-17(25-29-13)24-18(27)12-26(16-8-3-2-4-9-16)19(28)14-6-5-7-15(11-14)20(21,22)23/h5-7,10-11,16H,2-4,8-9,12H2,1H3,(H,24,25,27). The van der Waals surface area contributed by atoms with Gasteiger partial charge in [0.15, 0.2) is 5.82 Å². The van der Waals surface area contributed by atoms with E-state index in [1.165, 1.54) is 23.1 Å². The Morgan fingerprint density at radius 1 is 1.21 bits per heavy atom. The fourth-order valence-corrected chi connectivity index (χ4v) is 3.52. The van der Waals surface area contributed by atoms with Crippen molar-refractivity contribution in [1.29, 1.82) is 0 Å². The van der Waals surface area contributed by atoms with Crippen LogP contribution in [0.4, 0.5) is 19.0 Å². The van der Waals surface area contributed by atoms with Crippen molar-refractivity contribution in [3.63, 3.8) is 0 Å². The average Bonchev–Trinajstić information content (AvgIpc) is 3.10. The number of benzene rings is 1. The smallest absolute Gasteiger partial charge is 0.360 e. The number of hydrogen-bond acceptors (Lipinski definition) is 4. The predicted octanol–water partition coefficient (Wildman–Crippen LogP) is 4.42. The molecule has 1 aliphatic carbocycles. The third kappa shape index (κ3) is 5.36. The van der Waals surface area contributed by atoms with E-state index >= 15 is 0 Å². The molecule has 1 heterocycles. The normalized spacial score (nSPS) is 15.2.